The van der Waals surface area contributed by atoms with E-state index >= 15 is 0 Å². The fourth-order valence-corrected chi connectivity index (χ4v) is 2.45. The van der Waals surface area contributed by atoms with Gasteiger partial charge in [-0.15, -0.1) is 6.58 Å². The van der Waals surface area contributed by atoms with E-state index in [0.29, 0.717) is 18.2 Å². The van der Waals surface area contributed by atoms with Gasteiger partial charge in [0, 0.05) is 24.1 Å². The first-order valence-corrected chi connectivity index (χ1v) is 6.50. The van der Waals surface area contributed by atoms with Gasteiger partial charge in [-0.1, -0.05) is 19.9 Å². The molecular weight excluding hydrogens is 198 g/mol. The lowest BCUT2D eigenvalue weighted by molar-refractivity contribution is -0.116. The summed E-state index contributed by atoms with van der Waals surface area (Å²) in [6.45, 7) is 13.5. The Balaban J connectivity index is 2.32. The van der Waals surface area contributed by atoms with Crippen LogP contribution >= 0.6 is 0 Å². The number of allylic oxidation sites excluding steroid dienone is 1. The van der Waals surface area contributed by atoms with Crippen LogP contribution in [0.2, 0.25) is 0 Å². The van der Waals surface area contributed by atoms with Crippen LogP contribution in [0.15, 0.2) is 12.7 Å². The first-order chi connectivity index (χ1) is 7.52. The Morgan fingerprint density at radius 2 is 2.25 bits per heavy atom. The molecule has 16 heavy (non-hydrogen) atoms. The van der Waals surface area contributed by atoms with Crippen LogP contribution in [0.4, 0.5) is 0 Å². The Kier molecular flexibility index (Phi) is 5.00. The molecular formula is C14H27NO. The molecule has 1 rings (SSSR count). The first-order valence-electron chi connectivity index (χ1n) is 6.50. The van der Waals surface area contributed by atoms with Crippen molar-refractivity contribution in [2.75, 3.05) is 6.61 Å². The zero-order valence-corrected chi connectivity index (χ0v) is 11.3. The van der Waals surface area contributed by atoms with Gasteiger partial charge < -0.3 is 10.1 Å². The average Bonchev–Trinajstić information content (AvgIpc) is 2.25. The number of hydrogen-bond donors (Lipinski definition) is 1. The molecule has 0 aliphatic heterocycles. The lowest BCUT2D eigenvalue weighted by atomic mass is 9.64. The standard InChI is InChI=1S/C14H27NO/c1-6-8-9-11(3)15-12-10-13(16-7-2)14(12,4)5/h6,11-13,15H,1,7-10H2,2-5H3. The molecule has 0 aromatic heterocycles. The monoisotopic (exact) mass is 225 g/mol. The van der Waals surface area contributed by atoms with Crippen molar-refractivity contribution in [3.8, 4) is 0 Å². The Bertz CT molecular complexity index is 225. The third-order valence-electron chi connectivity index (χ3n) is 3.84. The van der Waals surface area contributed by atoms with Gasteiger partial charge in [0.2, 0.25) is 0 Å². The molecule has 2 nitrogen and oxygen atoms in total. The molecule has 0 bridgehead atoms. The topological polar surface area (TPSA) is 21.3 Å². The molecule has 3 unspecified atom stereocenters. The minimum absolute atomic E-state index is 0.276. The van der Waals surface area contributed by atoms with Crippen molar-refractivity contribution >= 4 is 0 Å². The van der Waals surface area contributed by atoms with E-state index in [1.807, 2.05) is 6.08 Å². The second-order valence-electron chi connectivity index (χ2n) is 5.49. The highest BCUT2D eigenvalue weighted by Crippen LogP contribution is 2.42. The lowest BCUT2D eigenvalue weighted by Crippen LogP contribution is -2.62. The normalized spacial score (nSPS) is 29.5. The molecule has 0 amide bonds. The highest BCUT2D eigenvalue weighted by Gasteiger charge is 2.48. The summed E-state index contributed by atoms with van der Waals surface area (Å²) in [6, 6.07) is 1.17. The molecule has 94 valence electrons. The van der Waals surface area contributed by atoms with Crippen LogP contribution in [-0.4, -0.2) is 24.8 Å². The van der Waals surface area contributed by atoms with E-state index in [9.17, 15) is 0 Å². The summed E-state index contributed by atoms with van der Waals surface area (Å²) in [7, 11) is 0. The Morgan fingerprint density at radius 1 is 1.56 bits per heavy atom. The molecule has 2 heteroatoms. The summed E-state index contributed by atoms with van der Waals surface area (Å²) in [5, 5.41) is 3.70. The third kappa shape index (κ3) is 3.08. The van der Waals surface area contributed by atoms with E-state index in [-0.39, 0.29) is 5.41 Å². The van der Waals surface area contributed by atoms with Crippen LogP contribution in [0.3, 0.4) is 0 Å². The smallest absolute Gasteiger partial charge is 0.0655 e. The van der Waals surface area contributed by atoms with E-state index in [2.05, 4.69) is 39.6 Å². The average molecular weight is 225 g/mol. The molecule has 1 N–H and O–H groups in total. The summed E-state index contributed by atoms with van der Waals surface area (Å²) in [5.41, 5.74) is 0.276. The molecule has 1 saturated carbocycles. The van der Waals surface area contributed by atoms with E-state index in [1.165, 1.54) is 6.42 Å². The van der Waals surface area contributed by atoms with Crippen molar-refractivity contribution in [3.05, 3.63) is 12.7 Å². The van der Waals surface area contributed by atoms with Gasteiger partial charge in [-0.2, -0.15) is 0 Å². The minimum atomic E-state index is 0.276. The van der Waals surface area contributed by atoms with Gasteiger partial charge in [0.1, 0.15) is 0 Å². The Morgan fingerprint density at radius 3 is 2.75 bits per heavy atom. The van der Waals surface area contributed by atoms with E-state index in [1.54, 1.807) is 0 Å². The maximum Gasteiger partial charge on any atom is 0.0655 e. The zero-order chi connectivity index (χ0) is 12.2. The highest BCUT2D eigenvalue weighted by molar-refractivity contribution is 5.03. The largest absolute Gasteiger partial charge is 0.378 e. The molecule has 0 heterocycles. The minimum Gasteiger partial charge on any atom is -0.378 e. The first kappa shape index (κ1) is 13.7. The predicted molar refractivity (Wildman–Crippen MR) is 69.6 cm³/mol. The summed E-state index contributed by atoms with van der Waals surface area (Å²) in [6.07, 6.45) is 5.85. The van der Waals surface area contributed by atoms with Crippen LogP contribution in [-0.2, 0) is 4.74 Å². The maximum atomic E-state index is 5.73. The summed E-state index contributed by atoms with van der Waals surface area (Å²) >= 11 is 0. The van der Waals surface area contributed by atoms with E-state index < -0.39 is 0 Å². The Hall–Kier alpha value is -0.340. The van der Waals surface area contributed by atoms with Crippen molar-refractivity contribution in [1.82, 2.24) is 5.32 Å². The fraction of sp³-hybridized carbons (Fsp3) is 0.857. The molecule has 0 radical (unpaired) electrons. The van der Waals surface area contributed by atoms with Crippen molar-refractivity contribution in [2.24, 2.45) is 5.41 Å². The molecule has 1 aliphatic rings. The van der Waals surface area contributed by atoms with Crippen molar-refractivity contribution in [1.29, 1.82) is 0 Å². The van der Waals surface area contributed by atoms with Crippen LogP contribution in [0.25, 0.3) is 0 Å². The summed E-state index contributed by atoms with van der Waals surface area (Å²) in [5.74, 6) is 0. The number of nitrogens with one attached hydrogen (secondary N) is 1. The number of ether oxygens (including phenoxy) is 1. The summed E-state index contributed by atoms with van der Waals surface area (Å²) < 4.78 is 5.73. The van der Waals surface area contributed by atoms with Gasteiger partial charge >= 0.3 is 0 Å². The lowest BCUT2D eigenvalue weighted by Gasteiger charge is -2.52. The van der Waals surface area contributed by atoms with Crippen LogP contribution in [0.1, 0.15) is 47.0 Å². The molecule has 1 aliphatic carbocycles. The molecule has 1 fully saturated rings. The molecule has 0 saturated heterocycles. The third-order valence-corrected chi connectivity index (χ3v) is 3.84. The predicted octanol–water partition coefficient (Wildman–Crippen LogP) is 3.13. The van der Waals surface area contributed by atoms with Crippen LogP contribution < -0.4 is 5.32 Å². The van der Waals surface area contributed by atoms with Crippen molar-refractivity contribution < 1.29 is 4.74 Å². The van der Waals surface area contributed by atoms with Crippen LogP contribution in [0.5, 0.6) is 0 Å². The quantitative estimate of drug-likeness (QED) is 0.672. The van der Waals surface area contributed by atoms with Gasteiger partial charge in [0.25, 0.3) is 0 Å². The summed E-state index contributed by atoms with van der Waals surface area (Å²) in [4.78, 5) is 0. The van der Waals surface area contributed by atoms with Crippen molar-refractivity contribution in [3.63, 3.8) is 0 Å². The number of rotatable bonds is 7. The number of hydrogen-bond acceptors (Lipinski definition) is 2. The van der Waals surface area contributed by atoms with Gasteiger partial charge in [-0.05, 0) is 33.1 Å². The van der Waals surface area contributed by atoms with Gasteiger partial charge in [0.05, 0.1) is 6.10 Å². The maximum absolute atomic E-state index is 5.73. The zero-order valence-electron chi connectivity index (χ0n) is 11.3. The van der Waals surface area contributed by atoms with Gasteiger partial charge in [0.15, 0.2) is 0 Å². The second kappa shape index (κ2) is 5.83. The fourth-order valence-electron chi connectivity index (χ4n) is 2.45. The van der Waals surface area contributed by atoms with Gasteiger partial charge in [-0.3, -0.25) is 0 Å². The molecule has 0 aromatic rings. The molecule has 0 spiro atoms. The van der Waals surface area contributed by atoms with Crippen LogP contribution in [0, 0.1) is 5.41 Å². The Labute approximate surface area is 100 Å². The van der Waals surface area contributed by atoms with Gasteiger partial charge in [-0.25, -0.2) is 0 Å². The van der Waals surface area contributed by atoms with Crippen molar-refractivity contribution in [2.45, 2.75) is 65.1 Å². The van der Waals surface area contributed by atoms with E-state index in [4.69, 9.17) is 4.74 Å². The second-order valence-corrected chi connectivity index (χ2v) is 5.49. The highest BCUT2D eigenvalue weighted by atomic mass is 16.5. The van der Waals surface area contributed by atoms with E-state index in [0.717, 1.165) is 19.4 Å². The molecule has 3 atom stereocenters. The SMILES string of the molecule is C=CCCC(C)NC1CC(OCC)C1(C)C. The molecule has 0 aromatic carbocycles.